The molecule has 2 unspecified atom stereocenters. The fourth-order valence-electron chi connectivity index (χ4n) is 1.37. The Bertz CT molecular complexity index is 361. The van der Waals surface area contributed by atoms with Crippen molar-refractivity contribution < 1.29 is 14.3 Å². The molecule has 0 aliphatic carbocycles. The van der Waals surface area contributed by atoms with E-state index in [1.165, 1.54) is 0 Å². The molecule has 0 aromatic heterocycles. The van der Waals surface area contributed by atoms with E-state index < -0.39 is 17.7 Å². The number of carbonyl (C=O) groups is 2. The highest BCUT2D eigenvalue weighted by atomic mass is 35.5. The molecule has 0 aliphatic rings. The Morgan fingerprint density at radius 3 is 2.30 bits per heavy atom. The zero-order chi connectivity index (χ0) is 15.1. The van der Waals surface area contributed by atoms with Crippen LogP contribution in [0.25, 0.3) is 0 Å². The van der Waals surface area contributed by atoms with Gasteiger partial charge in [-0.25, -0.2) is 4.79 Å². The number of nitrogens with one attached hydrogen (secondary N) is 2. The van der Waals surface area contributed by atoms with Crippen molar-refractivity contribution in [2.24, 2.45) is 5.92 Å². The molecule has 0 heterocycles. The Balaban J connectivity index is 0. The van der Waals surface area contributed by atoms with Gasteiger partial charge in [0.1, 0.15) is 18.2 Å². The summed E-state index contributed by atoms with van der Waals surface area (Å²) in [4.78, 5) is 23.6. The third-order valence-corrected chi connectivity index (χ3v) is 2.51. The fraction of sp³-hybridized carbons (Fsp3) is 0.769. The number of amides is 2. The molecule has 0 rings (SSSR count). The van der Waals surface area contributed by atoms with E-state index in [1.807, 2.05) is 19.9 Å². The first kappa shape index (κ1) is 20.8. The lowest BCUT2D eigenvalue weighted by molar-refractivity contribution is -0.124. The summed E-state index contributed by atoms with van der Waals surface area (Å²) < 4.78 is 5.12. The van der Waals surface area contributed by atoms with E-state index >= 15 is 0 Å². The summed E-state index contributed by atoms with van der Waals surface area (Å²) in [5.41, 5.74) is -0.618. The van der Waals surface area contributed by atoms with Crippen molar-refractivity contribution >= 4 is 24.4 Å². The number of carbonyl (C=O) groups excluding carboxylic acids is 2. The summed E-state index contributed by atoms with van der Waals surface area (Å²) in [6.07, 6.45) is 0.0883. The van der Waals surface area contributed by atoms with Crippen molar-refractivity contribution in [3.05, 3.63) is 0 Å². The Labute approximate surface area is 126 Å². The minimum Gasteiger partial charge on any atom is -0.444 e. The lowest BCUT2D eigenvalue weighted by Gasteiger charge is -2.25. The van der Waals surface area contributed by atoms with Gasteiger partial charge in [0.2, 0.25) is 5.91 Å². The second-order valence-electron chi connectivity index (χ2n) is 5.39. The van der Waals surface area contributed by atoms with Gasteiger partial charge in [-0.2, -0.15) is 5.26 Å². The van der Waals surface area contributed by atoms with Crippen molar-refractivity contribution in [3.63, 3.8) is 0 Å². The third kappa shape index (κ3) is 8.59. The van der Waals surface area contributed by atoms with E-state index in [-0.39, 0.29) is 30.8 Å². The normalized spacial score (nSPS) is 13.2. The van der Waals surface area contributed by atoms with Crippen LogP contribution in [-0.2, 0) is 9.53 Å². The fourth-order valence-corrected chi connectivity index (χ4v) is 1.37. The summed E-state index contributed by atoms with van der Waals surface area (Å²) >= 11 is 0. The number of rotatable bonds is 5. The average Bonchev–Trinajstić information content (AvgIpc) is 2.29. The highest BCUT2D eigenvalue weighted by Crippen LogP contribution is 2.11. The Hall–Kier alpha value is -1.48. The van der Waals surface area contributed by atoms with Crippen molar-refractivity contribution in [2.45, 2.75) is 52.7 Å². The predicted molar refractivity (Wildman–Crippen MR) is 78.5 cm³/mol. The maximum Gasteiger partial charge on any atom is 0.408 e. The lowest BCUT2D eigenvalue weighted by Crippen LogP contribution is -2.51. The standard InChI is InChI=1S/C13H23N3O3.ClH/c1-6-9(2)10(11(17)15-8-7-14)16-12(18)19-13(3,4)5;/h9-10H,6,8H2,1-5H3,(H,15,17)(H,16,18);1H. The van der Waals surface area contributed by atoms with Crippen LogP contribution in [0.15, 0.2) is 0 Å². The maximum atomic E-state index is 11.9. The number of nitriles is 1. The van der Waals surface area contributed by atoms with Crippen molar-refractivity contribution in [1.29, 1.82) is 5.26 Å². The van der Waals surface area contributed by atoms with Crippen LogP contribution in [0.2, 0.25) is 0 Å². The molecular formula is C13H24ClN3O3. The molecule has 7 heteroatoms. The van der Waals surface area contributed by atoms with Crippen LogP contribution < -0.4 is 10.6 Å². The molecule has 0 radical (unpaired) electrons. The van der Waals surface area contributed by atoms with E-state index in [0.29, 0.717) is 0 Å². The van der Waals surface area contributed by atoms with Gasteiger partial charge >= 0.3 is 6.09 Å². The molecule has 20 heavy (non-hydrogen) atoms. The molecular weight excluding hydrogens is 282 g/mol. The van der Waals surface area contributed by atoms with Gasteiger partial charge in [-0.15, -0.1) is 12.4 Å². The molecule has 116 valence electrons. The van der Waals surface area contributed by atoms with Gasteiger partial charge < -0.3 is 15.4 Å². The Kier molecular flexibility index (Phi) is 9.82. The zero-order valence-corrected chi connectivity index (χ0v) is 13.5. The van der Waals surface area contributed by atoms with Crippen molar-refractivity contribution in [1.82, 2.24) is 10.6 Å². The van der Waals surface area contributed by atoms with Crippen LogP contribution in [0.4, 0.5) is 4.79 Å². The summed E-state index contributed by atoms with van der Waals surface area (Å²) in [5.74, 6) is -0.423. The first-order chi connectivity index (χ1) is 8.71. The van der Waals surface area contributed by atoms with Crippen LogP contribution >= 0.6 is 12.4 Å². The second-order valence-corrected chi connectivity index (χ2v) is 5.39. The number of halogens is 1. The summed E-state index contributed by atoms with van der Waals surface area (Å²) in [7, 11) is 0. The minimum absolute atomic E-state index is 0. The Morgan fingerprint density at radius 1 is 1.35 bits per heavy atom. The van der Waals surface area contributed by atoms with Crippen LogP contribution in [0.5, 0.6) is 0 Å². The van der Waals surface area contributed by atoms with E-state index in [0.717, 1.165) is 6.42 Å². The van der Waals surface area contributed by atoms with Gasteiger partial charge in [0, 0.05) is 0 Å². The molecule has 0 fully saturated rings. The molecule has 6 nitrogen and oxygen atoms in total. The smallest absolute Gasteiger partial charge is 0.408 e. The van der Waals surface area contributed by atoms with Crippen LogP contribution in [0.3, 0.4) is 0 Å². The van der Waals surface area contributed by atoms with E-state index in [2.05, 4.69) is 10.6 Å². The Morgan fingerprint density at radius 2 is 1.90 bits per heavy atom. The maximum absolute atomic E-state index is 11.9. The highest BCUT2D eigenvalue weighted by Gasteiger charge is 2.27. The highest BCUT2D eigenvalue weighted by molar-refractivity contribution is 5.86. The summed E-state index contributed by atoms with van der Waals surface area (Å²) in [6.45, 7) is 8.95. The van der Waals surface area contributed by atoms with E-state index in [9.17, 15) is 9.59 Å². The van der Waals surface area contributed by atoms with Gasteiger partial charge in [0.15, 0.2) is 0 Å². The molecule has 0 bridgehead atoms. The van der Waals surface area contributed by atoms with Gasteiger partial charge in [-0.1, -0.05) is 20.3 Å². The summed E-state index contributed by atoms with van der Waals surface area (Å²) in [6, 6.07) is 1.13. The van der Waals surface area contributed by atoms with E-state index in [1.54, 1.807) is 20.8 Å². The zero-order valence-electron chi connectivity index (χ0n) is 12.6. The monoisotopic (exact) mass is 305 g/mol. The topological polar surface area (TPSA) is 91.2 Å². The molecule has 2 atom stereocenters. The number of ether oxygens (including phenoxy) is 1. The predicted octanol–water partition coefficient (Wildman–Crippen LogP) is 1.99. The van der Waals surface area contributed by atoms with Crippen molar-refractivity contribution in [3.8, 4) is 6.07 Å². The second kappa shape index (κ2) is 9.43. The lowest BCUT2D eigenvalue weighted by atomic mass is 9.98. The van der Waals surface area contributed by atoms with Crippen LogP contribution in [-0.4, -0.2) is 30.2 Å². The molecule has 0 saturated carbocycles. The SMILES string of the molecule is CCC(C)C(NC(=O)OC(C)(C)C)C(=O)NCC#N.Cl. The largest absolute Gasteiger partial charge is 0.444 e. The molecule has 0 spiro atoms. The number of alkyl carbamates (subject to hydrolysis) is 1. The van der Waals surface area contributed by atoms with Gasteiger partial charge in [-0.3, -0.25) is 4.79 Å². The first-order valence-corrected chi connectivity index (χ1v) is 6.35. The molecule has 2 N–H and O–H groups in total. The van der Waals surface area contributed by atoms with Crippen LogP contribution in [0.1, 0.15) is 41.0 Å². The van der Waals surface area contributed by atoms with E-state index in [4.69, 9.17) is 10.00 Å². The quantitative estimate of drug-likeness (QED) is 0.760. The summed E-state index contributed by atoms with van der Waals surface area (Å²) in [5, 5.41) is 13.4. The average molecular weight is 306 g/mol. The number of hydrogen-bond donors (Lipinski definition) is 2. The third-order valence-electron chi connectivity index (χ3n) is 2.51. The molecule has 0 aromatic rings. The molecule has 0 saturated heterocycles. The van der Waals surface area contributed by atoms with Gasteiger partial charge in [-0.05, 0) is 26.7 Å². The number of nitrogens with zero attached hydrogens (tertiary/aromatic N) is 1. The van der Waals surface area contributed by atoms with Gasteiger partial charge in [0.05, 0.1) is 6.07 Å². The number of hydrogen-bond acceptors (Lipinski definition) is 4. The molecule has 2 amide bonds. The van der Waals surface area contributed by atoms with Crippen LogP contribution in [0, 0.1) is 17.2 Å². The van der Waals surface area contributed by atoms with Gasteiger partial charge in [0.25, 0.3) is 0 Å². The minimum atomic E-state index is -0.701. The molecule has 0 aromatic carbocycles. The molecule has 0 aliphatic heterocycles. The van der Waals surface area contributed by atoms with Crippen molar-refractivity contribution in [2.75, 3.05) is 6.54 Å². The first-order valence-electron chi connectivity index (χ1n) is 6.35.